The van der Waals surface area contributed by atoms with Gasteiger partial charge in [-0.2, -0.15) is 26.3 Å². The van der Waals surface area contributed by atoms with E-state index in [1.54, 1.807) is 0 Å². The molecule has 0 radical (unpaired) electrons. The second-order valence-corrected chi connectivity index (χ2v) is 5.89. The molecule has 18 heavy (non-hydrogen) atoms. The van der Waals surface area contributed by atoms with E-state index in [1.165, 1.54) is 0 Å². The van der Waals surface area contributed by atoms with Crippen LogP contribution in [0.2, 0.25) is 5.02 Å². The fourth-order valence-corrected chi connectivity index (χ4v) is 2.77. The van der Waals surface area contributed by atoms with Crippen molar-refractivity contribution >= 4 is 44.7 Å². The number of thiophene rings is 1. The molecule has 1 nitrogen and oxygen atoms in total. The number of rotatable bonds is 2. The molecule has 1 aromatic heterocycles. The van der Waals surface area contributed by atoms with Gasteiger partial charge in [0.1, 0.15) is 0 Å². The van der Waals surface area contributed by atoms with E-state index in [2.05, 4.69) is 15.9 Å². The molecule has 0 aliphatic heterocycles. The number of hydrogen-bond donors (Lipinski definition) is 0. The summed E-state index contributed by atoms with van der Waals surface area (Å²) < 4.78 is 73.8. The Morgan fingerprint density at radius 1 is 1.22 bits per heavy atom. The Kier molecular flexibility index (Phi) is 4.39. The highest BCUT2D eigenvalue weighted by Gasteiger charge is 2.61. The molecule has 0 N–H and O–H groups in total. The van der Waals surface area contributed by atoms with Crippen molar-refractivity contribution in [3.63, 3.8) is 0 Å². The summed E-state index contributed by atoms with van der Waals surface area (Å²) in [6, 6.07) is 0.767. The van der Waals surface area contributed by atoms with E-state index in [0.29, 0.717) is 11.3 Å². The molecule has 0 amide bonds. The minimum absolute atomic E-state index is 0.0932. The zero-order valence-electron chi connectivity index (χ0n) is 7.99. The van der Waals surface area contributed by atoms with Gasteiger partial charge in [-0.05, 0) is 22.0 Å². The van der Waals surface area contributed by atoms with E-state index >= 15 is 0 Å². The van der Waals surface area contributed by atoms with Crippen molar-refractivity contribution in [1.29, 1.82) is 0 Å². The first-order valence-corrected chi connectivity index (χ1v) is 6.06. The number of Topliss-reactive ketones (excluding diaryl/α,β-unsaturated/α-hetero) is 1. The van der Waals surface area contributed by atoms with Gasteiger partial charge in [0, 0.05) is 0 Å². The fourth-order valence-electron chi connectivity index (χ4n) is 1.09. The van der Waals surface area contributed by atoms with Crippen LogP contribution < -0.4 is 0 Å². The topological polar surface area (TPSA) is 17.1 Å². The van der Waals surface area contributed by atoms with Crippen LogP contribution in [-0.2, 0) is 0 Å². The molecule has 0 saturated carbocycles. The molecule has 1 heterocycles. The summed E-state index contributed by atoms with van der Waals surface area (Å²) in [7, 11) is 0. The van der Waals surface area contributed by atoms with Crippen LogP contribution in [0.3, 0.4) is 0 Å². The molecular weight excluding hydrogens is 373 g/mol. The number of alkyl halides is 6. The first-order chi connectivity index (χ1) is 7.94. The zero-order chi connectivity index (χ0) is 14.3. The molecule has 0 aliphatic rings. The van der Waals surface area contributed by atoms with Gasteiger partial charge in [-0.3, -0.25) is 4.79 Å². The lowest BCUT2D eigenvalue weighted by atomic mass is 10.0. The average Bonchev–Trinajstić information content (AvgIpc) is 2.41. The van der Waals surface area contributed by atoms with E-state index < -0.39 is 28.9 Å². The number of carbonyl (C=O) groups excluding carboxylic acids is 1. The van der Waals surface area contributed by atoms with Crippen molar-refractivity contribution in [3.05, 3.63) is 19.8 Å². The summed E-state index contributed by atoms with van der Waals surface area (Å²) in [5.41, 5.74) is 0. The summed E-state index contributed by atoms with van der Waals surface area (Å²) in [6.07, 6.45) is -11.4. The highest BCUT2D eigenvalue weighted by atomic mass is 79.9. The maximum atomic E-state index is 12.3. The van der Waals surface area contributed by atoms with E-state index in [-0.39, 0.29) is 8.81 Å². The van der Waals surface area contributed by atoms with Crippen molar-refractivity contribution in [2.75, 3.05) is 0 Å². The predicted molar refractivity (Wildman–Crippen MR) is 57.0 cm³/mol. The van der Waals surface area contributed by atoms with E-state index in [0.717, 1.165) is 6.07 Å². The molecule has 0 fully saturated rings. The van der Waals surface area contributed by atoms with Gasteiger partial charge in [0.15, 0.2) is 5.78 Å². The summed E-state index contributed by atoms with van der Waals surface area (Å²) in [4.78, 5) is 10.6. The number of ketones is 1. The van der Waals surface area contributed by atoms with Crippen molar-refractivity contribution in [1.82, 2.24) is 0 Å². The van der Waals surface area contributed by atoms with Crippen molar-refractivity contribution < 1.29 is 31.1 Å². The number of hydrogen-bond acceptors (Lipinski definition) is 2. The molecule has 0 bridgehead atoms. The van der Waals surface area contributed by atoms with Crippen LogP contribution in [0.4, 0.5) is 26.3 Å². The van der Waals surface area contributed by atoms with Crippen LogP contribution in [0.15, 0.2) is 9.85 Å². The maximum absolute atomic E-state index is 12.3. The highest BCUT2D eigenvalue weighted by molar-refractivity contribution is 9.11. The van der Waals surface area contributed by atoms with Crippen molar-refractivity contribution in [2.45, 2.75) is 12.4 Å². The first kappa shape index (κ1) is 15.8. The van der Waals surface area contributed by atoms with E-state index in [1.807, 2.05) is 0 Å². The quantitative estimate of drug-likeness (QED) is 0.520. The van der Waals surface area contributed by atoms with Crippen LogP contribution in [0.25, 0.3) is 0 Å². The van der Waals surface area contributed by atoms with Crippen LogP contribution in [0.5, 0.6) is 0 Å². The lowest BCUT2D eigenvalue weighted by Crippen LogP contribution is -2.42. The fraction of sp³-hybridized carbons (Fsp3) is 0.375. The lowest BCUT2D eigenvalue weighted by molar-refractivity contribution is -0.264. The highest BCUT2D eigenvalue weighted by Crippen LogP contribution is 2.43. The summed E-state index contributed by atoms with van der Waals surface area (Å²) in [5, 5.41) is -0.119. The molecule has 1 rings (SSSR count). The summed E-state index contributed by atoms with van der Waals surface area (Å²) in [5.74, 6) is -6.10. The third-order valence-corrected chi connectivity index (χ3v) is 4.29. The normalized spacial score (nSPS) is 13.2. The third-order valence-electron chi connectivity index (χ3n) is 1.80. The molecular formula is C8H2BrClF6OS. The van der Waals surface area contributed by atoms with Crippen molar-refractivity contribution in [3.8, 4) is 0 Å². The molecule has 0 atom stereocenters. The molecule has 0 unspecified atom stereocenters. The van der Waals surface area contributed by atoms with E-state index in [9.17, 15) is 31.1 Å². The second-order valence-electron chi connectivity index (χ2n) is 3.11. The van der Waals surface area contributed by atoms with Gasteiger partial charge < -0.3 is 0 Å². The van der Waals surface area contributed by atoms with Crippen LogP contribution >= 0.6 is 38.9 Å². The number of carbonyl (C=O) groups is 1. The molecule has 10 heteroatoms. The van der Waals surface area contributed by atoms with Gasteiger partial charge in [-0.25, -0.2) is 0 Å². The molecule has 0 aliphatic carbocycles. The van der Waals surface area contributed by atoms with Gasteiger partial charge in [0.2, 0.25) is 5.92 Å². The van der Waals surface area contributed by atoms with Gasteiger partial charge in [-0.15, -0.1) is 11.3 Å². The Bertz CT molecular complexity index is 432. The first-order valence-electron chi connectivity index (χ1n) is 4.07. The van der Waals surface area contributed by atoms with E-state index in [4.69, 9.17) is 11.6 Å². The smallest absolute Gasteiger partial charge is 0.292 e. The lowest BCUT2D eigenvalue weighted by Gasteiger charge is -2.20. The van der Waals surface area contributed by atoms with Gasteiger partial charge >= 0.3 is 12.4 Å². The van der Waals surface area contributed by atoms with Crippen molar-refractivity contribution in [2.24, 2.45) is 5.92 Å². The van der Waals surface area contributed by atoms with Crippen LogP contribution in [0, 0.1) is 5.92 Å². The van der Waals surface area contributed by atoms with Gasteiger partial charge in [-0.1, -0.05) is 11.6 Å². The minimum Gasteiger partial charge on any atom is -0.292 e. The van der Waals surface area contributed by atoms with Crippen LogP contribution in [0.1, 0.15) is 9.67 Å². The maximum Gasteiger partial charge on any atom is 0.407 e. The third kappa shape index (κ3) is 3.39. The minimum atomic E-state index is -5.70. The Morgan fingerprint density at radius 3 is 1.94 bits per heavy atom. The average molecular weight is 376 g/mol. The summed E-state index contributed by atoms with van der Waals surface area (Å²) in [6.45, 7) is 0. The Labute approximate surface area is 114 Å². The predicted octanol–water partition coefficient (Wildman–Crippen LogP) is 5.09. The standard InChI is InChI=1S/C8H2BrClF6OS/c9-6-2(10)1-3(18-6)4(17)5(7(11,12)13)8(14,15)16/h1,5H. The number of halogens is 8. The zero-order valence-corrected chi connectivity index (χ0v) is 11.2. The Balaban J connectivity index is 3.20. The Morgan fingerprint density at radius 2 is 1.67 bits per heavy atom. The monoisotopic (exact) mass is 374 g/mol. The molecule has 0 saturated heterocycles. The van der Waals surface area contributed by atoms with Gasteiger partial charge in [0.05, 0.1) is 13.7 Å². The molecule has 102 valence electrons. The second kappa shape index (κ2) is 5.01. The molecule has 1 aromatic rings. The Hall–Kier alpha value is -0.280. The molecule has 0 spiro atoms. The van der Waals surface area contributed by atoms with Gasteiger partial charge in [0.25, 0.3) is 0 Å². The largest absolute Gasteiger partial charge is 0.407 e. The summed E-state index contributed by atoms with van der Waals surface area (Å²) >= 11 is 8.68. The van der Waals surface area contributed by atoms with Crippen LogP contribution in [-0.4, -0.2) is 18.1 Å². The SMILES string of the molecule is O=C(c1cc(Cl)c(Br)s1)C(C(F)(F)F)C(F)(F)F. The molecule has 0 aromatic carbocycles.